The van der Waals surface area contributed by atoms with Gasteiger partial charge in [-0.25, -0.2) is 0 Å². The van der Waals surface area contributed by atoms with Crippen molar-refractivity contribution in [3.8, 4) is 0 Å². The quantitative estimate of drug-likeness (QED) is 0.292. The van der Waals surface area contributed by atoms with Gasteiger partial charge in [0.1, 0.15) is 0 Å². The molecule has 1 unspecified atom stereocenters. The zero-order chi connectivity index (χ0) is 12.3. The lowest BCUT2D eigenvalue weighted by Crippen LogP contribution is -2.36. The monoisotopic (exact) mass is 241 g/mol. The van der Waals surface area contributed by atoms with Gasteiger partial charge < -0.3 is 16.0 Å². The van der Waals surface area contributed by atoms with Gasteiger partial charge in [0.25, 0.3) is 0 Å². The SMILES string of the molecule is N/C(CN1CC(CO)C2(CCCCC2)C1)=N\O. The van der Waals surface area contributed by atoms with Crippen molar-refractivity contribution >= 4 is 5.84 Å². The van der Waals surface area contributed by atoms with E-state index < -0.39 is 0 Å². The molecule has 0 aromatic rings. The minimum atomic E-state index is 0.257. The third kappa shape index (κ3) is 2.55. The molecule has 4 N–H and O–H groups in total. The third-order valence-corrected chi connectivity index (χ3v) is 4.47. The van der Waals surface area contributed by atoms with E-state index in [1.54, 1.807) is 0 Å². The normalized spacial score (nSPS) is 29.9. The number of nitrogens with zero attached hydrogens (tertiary/aromatic N) is 2. The van der Waals surface area contributed by atoms with E-state index in [1.165, 1.54) is 32.1 Å². The highest BCUT2D eigenvalue weighted by atomic mass is 16.4. The van der Waals surface area contributed by atoms with Crippen molar-refractivity contribution < 1.29 is 10.3 Å². The van der Waals surface area contributed by atoms with Crippen molar-refractivity contribution in [1.29, 1.82) is 0 Å². The second-order valence-corrected chi connectivity index (χ2v) is 5.56. The molecule has 5 nitrogen and oxygen atoms in total. The summed E-state index contributed by atoms with van der Waals surface area (Å²) in [6.07, 6.45) is 6.29. The Morgan fingerprint density at radius 2 is 2.06 bits per heavy atom. The minimum Gasteiger partial charge on any atom is -0.409 e. The summed E-state index contributed by atoms with van der Waals surface area (Å²) in [6.45, 7) is 2.61. The highest BCUT2D eigenvalue weighted by Crippen LogP contribution is 2.47. The van der Waals surface area contributed by atoms with Gasteiger partial charge in [-0.2, -0.15) is 0 Å². The van der Waals surface area contributed by atoms with Crippen LogP contribution in [0.5, 0.6) is 0 Å². The first-order valence-corrected chi connectivity index (χ1v) is 6.50. The van der Waals surface area contributed by atoms with Gasteiger partial charge in [0.15, 0.2) is 5.84 Å². The molecule has 2 fully saturated rings. The number of rotatable bonds is 3. The standard InChI is InChI=1S/C12H23N3O2/c13-11(14-17)7-15-6-10(8-16)12(9-15)4-2-1-3-5-12/h10,16-17H,1-9H2,(H2,13,14). The first-order chi connectivity index (χ1) is 8.20. The Bertz CT molecular complexity index is 287. The fourth-order valence-corrected chi connectivity index (χ4v) is 3.60. The van der Waals surface area contributed by atoms with Crippen molar-refractivity contribution in [2.24, 2.45) is 22.2 Å². The first-order valence-electron chi connectivity index (χ1n) is 6.50. The molecule has 1 heterocycles. The summed E-state index contributed by atoms with van der Waals surface area (Å²) in [6, 6.07) is 0. The molecule has 0 aromatic carbocycles. The molecule has 0 bridgehead atoms. The van der Waals surface area contributed by atoms with Gasteiger partial charge >= 0.3 is 0 Å². The zero-order valence-electron chi connectivity index (χ0n) is 10.3. The molecule has 1 saturated heterocycles. The minimum absolute atomic E-state index is 0.257. The molecule has 1 aliphatic heterocycles. The van der Waals surface area contributed by atoms with Crippen molar-refractivity contribution in [2.75, 3.05) is 26.2 Å². The Morgan fingerprint density at radius 3 is 2.65 bits per heavy atom. The molecule has 1 saturated carbocycles. The Kier molecular flexibility index (Phi) is 3.89. The number of aliphatic hydroxyl groups excluding tert-OH is 1. The fourth-order valence-electron chi connectivity index (χ4n) is 3.60. The van der Waals surface area contributed by atoms with E-state index in [1.807, 2.05) is 0 Å². The molecule has 1 atom stereocenters. The Hall–Kier alpha value is -0.810. The average Bonchev–Trinajstić information content (AvgIpc) is 2.67. The highest BCUT2D eigenvalue weighted by molar-refractivity contribution is 5.81. The van der Waals surface area contributed by atoms with E-state index in [-0.39, 0.29) is 17.9 Å². The molecular weight excluding hydrogens is 218 g/mol. The second-order valence-electron chi connectivity index (χ2n) is 5.56. The van der Waals surface area contributed by atoms with E-state index in [0.717, 1.165) is 13.1 Å². The average molecular weight is 241 g/mol. The summed E-state index contributed by atoms with van der Waals surface area (Å²) < 4.78 is 0. The topological polar surface area (TPSA) is 82.1 Å². The van der Waals surface area contributed by atoms with Crippen LogP contribution >= 0.6 is 0 Å². The van der Waals surface area contributed by atoms with E-state index in [0.29, 0.717) is 12.5 Å². The summed E-state index contributed by atoms with van der Waals surface area (Å²) in [5.41, 5.74) is 5.83. The molecular formula is C12H23N3O2. The molecule has 5 heteroatoms. The summed E-state index contributed by atoms with van der Waals surface area (Å²) in [4.78, 5) is 2.21. The number of hydrogen-bond donors (Lipinski definition) is 3. The molecule has 98 valence electrons. The maximum atomic E-state index is 9.56. The lowest BCUT2D eigenvalue weighted by molar-refractivity contribution is 0.0919. The van der Waals surface area contributed by atoms with Crippen LogP contribution in [0.4, 0.5) is 0 Å². The molecule has 0 aromatic heterocycles. The predicted molar refractivity (Wildman–Crippen MR) is 65.9 cm³/mol. The Labute approximate surface area is 102 Å². The maximum Gasteiger partial charge on any atom is 0.153 e. The molecule has 17 heavy (non-hydrogen) atoms. The number of oxime groups is 1. The van der Waals surface area contributed by atoms with Gasteiger partial charge in [-0.3, -0.25) is 4.90 Å². The van der Waals surface area contributed by atoms with Gasteiger partial charge in [-0.05, 0) is 18.3 Å². The van der Waals surface area contributed by atoms with Crippen LogP contribution in [0.3, 0.4) is 0 Å². The fraction of sp³-hybridized carbons (Fsp3) is 0.917. The number of amidine groups is 1. The maximum absolute atomic E-state index is 9.56. The first kappa shape index (κ1) is 12.6. The smallest absolute Gasteiger partial charge is 0.153 e. The van der Waals surface area contributed by atoms with Crippen LogP contribution < -0.4 is 5.73 Å². The third-order valence-electron chi connectivity index (χ3n) is 4.47. The summed E-state index contributed by atoms with van der Waals surface area (Å²) >= 11 is 0. The molecule has 2 rings (SSSR count). The van der Waals surface area contributed by atoms with Crippen LogP contribution in [0.1, 0.15) is 32.1 Å². The van der Waals surface area contributed by atoms with Gasteiger partial charge in [-0.15, -0.1) is 0 Å². The molecule has 1 aliphatic carbocycles. The highest BCUT2D eigenvalue weighted by Gasteiger charge is 2.46. The Balaban J connectivity index is 2.02. The summed E-state index contributed by atoms with van der Waals surface area (Å²) in [5, 5.41) is 21.2. The van der Waals surface area contributed by atoms with Crippen LogP contribution in [0.15, 0.2) is 5.16 Å². The van der Waals surface area contributed by atoms with Crippen LogP contribution in [-0.4, -0.2) is 47.3 Å². The van der Waals surface area contributed by atoms with Crippen LogP contribution in [0, 0.1) is 11.3 Å². The largest absolute Gasteiger partial charge is 0.409 e. The van der Waals surface area contributed by atoms with Gasteiger partial charge in [0.2, 0.25) is 0 Å². The molecule has 2 aliphatic rings. The number of aliphatic hydroxyl groups is 1. The summed E-state index contributed by atoms with van der Waals surface area (Å²) in [7, 11) is 0. The van der Waals surface area contributed by atoms with E-state index in [4.69, 9.17) is 10.9 Å². The van der Waals surface area contributed by atoms with Crippen molar-refractivity contribution in [1.82, 2.24) is 4.90 Å². The van der Waals surface area contributed by atoms with Gasteiger partial charge in [0.05, 0.1) is 6.54 Å². The zero-order valence-corrected chi connectivity index (χ0v) is 10.3. The van der Waals surface area contributed by atoms with E-state index >= 15 is 0 Å². The lowest BCUT2D eigenvalue weighted by Gasteiger charge is -2.37. The lowest BCUT2D eigenvalue weighted by atomic mass is 9.68. The number of hydrogen-bond acceptors (Lipinski definition) is 4. The Morgan fingerprint density at radius 1 is 1.35 bits per heavy atom. The molecule has 0 amide bonds. The summed E-state index contributed by atoms with van der Waals surface area (Å²) in [5.74, 6) is 0.615. The predicted octanol–water partition coefficient (Wildman–Crippen LogP) is 0.607. The molecule has 0 radical (unpaired) electrons. The van der Waals surface area contributed by atoms with Crippen LogP contribution in [-0.2, 0) is 0 Å². The second kappa shape index (κ2) is 5.23. The number of nitrogens with two attached hydrogens (primary N) is 1. The van der Waals surface area contributed by atoms with Crippen molar-refractivity contribution in [3.63, 3.8) is 0 Å². The number of likely N-dealkylation sites (tertiary alicyclic amines) is 1. The van der Waals surface area contributed by atoms with Crippen LogP contribution in [0.25, 0.3) is 0 Å². The molecule has 1 spiro atoms. The van der Waals surface area contributed by atoms with Gasteiger partial charge in [-0.1, -0.05) is 24.4 Å². The van der Waals surface area contributed by atoms with E-state index in [9.17, 15) is 5.11 Å². The van der Waals surface area contributed by atoms with E-state index in [2.05, 4.69) is 10.1 Å². The van der Waals surface area contributed by atoms with Gasteiger partial charge in [0, 0.05) is 25.6 Å². The van der Waals surface area contributed by atoms with Crippen molar-refractivity contribution in [3.05, 3.63) is 0 Å². The van der Waals surface area contributed by atoms with Crippen LogP contribution in [0.2, 0.25) is 0 Å². The van der Waals surface area contributed by atoms with Crippen molar-refractivity contribution in [2.45, 2.75) is 32.1 Å².